The average Bonchev–Trinajstić information content (AvgIpc) is 3.09. The summed E-state index contributed by atoms with van der Waals surface area (Å²) in [6, 6.07) is 13.8. The van der Waals surface area contributed by atoms with Crippen molar-refractivity contribution in [1.82, 2.24) is 10.5 Å². The monoisotopic (exact) mass is 292 g/mol. The van der Waals surface area contributed by atoms with Crippen molar-refractivity contribution >= 4 is 0 Å². The lowest BCUT2D eigenvalue weighted by atomic mass is 9.90. The molecule has 4 heteroatoms. The largest absolute Gasteiger partial charge is 0.507 e. The number of rotatable bonds is 2. The Morgan fingerprint density at radius 1 is 1.09 bits per heavy atom. The van der Waals surface area contributed by atoms with Gasteiger partial charge >= 0.3 is 0 Å². The number of fused-ring (bicyclic) bond motifs is 1. The smallest absolute Gasteiger partial charge is 0.170 e. The van der Waals surface area contributed by atoms with E-state index < -0.39 is 0 Å². The lowest BCUT2D eigenvalue weighted by Crippen LogP contribution is -2.24. The van der Waals surface area contributed by atoms with Gasteiger partial charge in [0.25, 0.3) is 0 Å². The quantitative estimate of drug-likeness (QED) is 0.760. The van der Waals surface area contributed by atoms with Crippen LogP contribution in [-0.4, -0.2) is 16.8 Å². The fourth-order valence-corrected chi connectivity index (χ4v) is 3.06. The van der Waals surface area contributed by atoms with Crippen LogP contribution in [-0.2, 0) is 13.0 Å². The fraction of sp³-hybridized carbons (Fsp3) is 0.167. The SMILES string of the molecule is Oc1ccc(-c2cccc3c2CCNC3)cc1-c1ccno1. The molecule has 0 saturated heterocycles. The van der Waals surface area contributed by atoms with Gasteiger partial charge in [-0.05, 0) is 47.4 Å². The number of hydrogen-bond acceptors (Lipinski definition) is 4. The van der Waals surface area contributed by atoms with Gasteiger partial charge in [-0.25, -0.2) is 0 Å². The van der Waals surface area contributed by atoms with Crippen molar-refractivity contribution in [2.24, 2.45) is 0 Å². The van der Waals surface area contributed by atoms with E-state index in [9.17, 15) is 5.11 Å². The molecule has 2 aromatic carbocycles. The molecular weight excluding hydrogens is 276 g/mol. The molecule has 1 aromatic heterocycles. The summed E-state index contributed by atoms with van der Waals surface area (Å²) in [7, 11) is 0. The lowest BCUT2D eigenvalue weighted by molar-refractivity contribution is 0.426. The van der Waals surface area contributed by atoms with Crippen LogP contribution >= 0.6 is 0 Å². The zero-order valence-electron chi connectivity index (χ0n) is 12.0. The van der Waals surface area contributed by atoms with E-state index in [1.54, 1.807) is 18.3 Å². The molecule has 4 rings (SSSR count). The van der Waals surface area contributed by atoms with E-state index in [2.05, 4.69) is 28.7 Å². The maximum Gasteiger partial charge on any atom is 0.170 e. The van der Waals surface area contributed by atoms with Crippen LogP contribution < -0.4 is 5.32 Å². The summed E-state index contributed by atoms with van der Waals surface area (Å²) in [6.45, 7) is 1.91. The van der Waals surface area contributed by atoms with Crippen LogP contribution in [0.3, 0.4) is 0 Å². The molecule has 0 saturated carbocycles. The summed E-state index contributed by atoms with van der Waals surface area (Å²) >= 11 is 0. The Bertz CT molecular complexity index is 810. The van der Waals surface area contributed by atoms with Gasteiger partial charge < -0.3 is 14.9 Å². The maximum absolute atomic E-state index is 10.1. The topological polar surface area (TPSA) is 58.3 Å². The molecule has 0 fully saturated rings. The first-order chi connectivity index (χ1) is 10.8. The number of benzene rings is 2. The first-order valence-corrected chi connectivity index (χ1v) is 7.39. The van der Waals surface area contributed by atoms with Crippen LogP contribution in [0, 0.1) is 0 Å². The van der Waals surface area contributed by atoms with Crippen molar-refractivity contribution in [2.75, 3.05) is 6.54 Å². The summed E-state index contributed by atoms with van der Waals surface area (Å²) in [4.78, 5) is 0. The first-order valence-electron chi connectivity index (χ1n) is 7.39. The Hall–Kier alpha value is -2.59. The number of aromatic nitrogens is 1. The van der Waals surface area contributed by atoms with Crippen LogP contribution in [0.5, 0.6) is 5.75 Å². The Balaban J connectivity index is 1.86. The molecule has 0 radical (unpaired) electrons. The molecule has 0 spiro atoms. The molecule has 2 N–H and O–H groups in total. The van der Waals surface area contributed by atoms with Gasteiger partial charge in [0, 0.05) is 12.6 Å². The predicted molar refractivity (Wildman–Crippen MR) is 84.5 cm³/mol. The van der Waals surface area contributed by atoms with Gasteiger partial charge in [0.2, 0.25) is 0 Å². The molecule has 4 nitrogen and oxygen atoms in total. The van der Waals surface area contributed by atoms with Crippen LogP contribution in [0.15, 0.2) is 53.2 Å². The summed E-state index contributed by atoms with van der Waals surface area (Å²) in [5.41, 5.74) is 5.71. The highest BCUT2D eigenvalue weighted by molar-refractivity contribution is 5.77. The van der Waals surface area contributed by atoms with E-state index in [1.165, 1.54) is 16.7 Å². The zero-order chi connectivity index (χ0) is 14.9. The molecule has 0 bridgehead atoms. The number of phenolic OH excluding ortho intramolecular Hbond substituents is 1. The van der Waals surface area contributed by atoms with Crippen LogP contribution in [0.1, 0.15) is 11.1 Å². The van der Waals surface area contributed by atoms with Gasteiger partial charge in [0.05, 0.1) is 11.8 Å². The molecular formula is C18H16N2O2. The van der Waals surface area contributed by atoms with Gasteiger partial charge in [-0.1, -0.05) is 29.4 Å². The molecule has 22 heavy (non-hydrogen) atoms. The second-order valence-electron chi connectivity index (χ2n) is 5.48. The minimum absolute atomic E-state index is 0.201. The highest BCUT2D eigenvalue weighted by atomic mass is 16.5. The Kier molecular flexibility index (Phi) is 3.16. The summed E-state index contributed by atoms with van der Waals surface area (Å²) in [5.74, 6) is 0.776. The molecule has 1 aliphatic rings. The second kappa shape index (κ2) is 5.31. The number of nitrogens with one attached hydrogen (secondary N) is 1. The Morgan fingerprint density at radius 3 is 2.91 bits per heavy atom. The molecule has 110 valence electrons. The van der Waals surface area contributed by atoms with Gasteiger partial charge in [0.15, 0.2) is 5.76 Å². The number of aromatic hydroxyl groups is 1. The normalized spacial score (nSPS) is 13.8. The lowest BCUT2D eigenvalue weighted by Gasteiger charge is -2.20. The summed E-state index contributed by atoms with van der Waals surface area (Å²) in [5, 5.41) is 17.2. The van der Waals surface area contributed by atoms with Crippen molar-refractivity contribution in [3.05, 3.63) is 59.8 Å². The van der Waals surface area contributed by atoms with E-state index in [-0.39, 0.29) is 5.75 Å². The van der Waals surface area contributed by atoms with Crippen LogP contribution in [0.2, 0.25) is 0 Å². The fourth-order valence-electron chi connectivity index (χ4n) is 3.06. The van der Waals surface area contributed by atoms with Crippen molar-refractivity contribution in [3.8, 4) is 28.2 Å². The summed E-state index contributed by atoms with van der Waals surface area (Å²) < 4.78 is 5.18. The summed E-state index contributed by atoms with van der Waals surface area (Å²) in [6.07, 6.45) is 2.60. The number of phenols is 1. The van der Waals surface area contributed by atoms with E-state index >= 15 is 0 Å². The molecule has 0 aliphatic carbocycles. The highest BCUT2D eigenvalue weighted by Crippen LogP contribution is 2.35. The second-order valence-corrected chi connectivity index (χ2v) is 5.48. The Morgan fingerprint density at radius 2 is 2.05 bits per heavy atom. The standard InChI is InChI=1S/C18H16N2O2/c21-17-5-4-12(10-16(17)18-7-9-20-22-18)14-3-1-2-13-11-19-8-6-15(13)14/h1-5,7,9-10,19,21H,6,8,11H2. The third-order valence-corrected chi connectivity index (χ3v) is 4.15. The number of hydrogen-bond donors (Lipinski definition) is 2. The van der Waals surface area contributed by atoms with Crippen molar-refractivity contribution in [2.45, 2.75) is 13.0 Å². The van der Waals surface area contributed by atoms with E-state index in [1.807, 2.05) is 12.1 Å². The molecule has 3 aromatic rings. The molecule has 0 amide bonds. The van der Waals surface area contributed by atoms with Gasteiger partial charge in [-0.15, -0.1) is 0 Å². The molecule has 2 heterocycles. The average molecular weight is 292 g/mol. The van der Waals surface area contributed by atoms with Crippen molar-refractivity contribution < 1.29 is 9.63 Å². The minimum Gasteiger partial charge on any atom is -0.507 e. The van der Waals surface area contributed by atoms with Crippen LogP contribution in [0.25, 0.3) is 22.5 Å². The van der Waals surface area contributed by atoms with Crippen molar-refractivity contribution in [1.29, 1.82) is 0 Å². The third-order valence-electron chi connectivity index (χ3n) is 4.15. The molecule has 0 atom stereocenters. The third kappa shape index (κ3) is 2.18. The molecule has 1 aliphatic heterocycles. The number of nitrogens with zero attached hydrogens (tertiary/aromatic N) is 1. The predicted octanol–water partition coefficient (Wildman–Crippen LogP) is 3.36. The first kappa shape index (κ1) is 13.1. The maximum atomic E-state index is 10.1. The van der Waals surface area contributed by atoms with E-state index in [4.69, 9.17) is 4.52 Å². The van der Waals surface area contributed by atoms with Gasteiger partial charge in [-0.3, -0.25) is 0 Å². The van der Waals surface area contributed by atoms with Gasteiger partial charge in [-0.2, -0.15) is 0 Å². The zero-order valence-corrected chi connectivity index (χ0v) is 12.0. The van der Waals surface area contributed by atoms with E-state index in [0.29, 0.717) is 11.3 Å². The highest BCUT2D eigenvalue weighted by Gasteiger charge is 2.15. The van der Waals surface area contributed by atoms with E-state index in [0.717, 1.165) is 25.1 Å². The molecule has 0 unspecified atom stereocenters. The van der Waals surface area contributed by atoms with Gasteiger partial charge in [0.1, 0.15) is 5.75 Å². The van der Waals surface area contributed by atoms with Crippen molar-refractivity contribution in [3.63, 3.8) is 0 Å². The minimum atomic E-state index is 0.201. The van der Waals surface area contributed by atoms with Crippen LogP contribution in [0.4, 0.5) is 0 Å². The Labute approximate surface area is 128 Å².